The van der Waals surface area contributed by atoms with Crippen LogP contribution in [0.15, 0.2) is 54.7 Å². The van der Waals surface area contributed by atoms with Crippen LogP contribution in [0, 0.1) is 0 Å². The van der Waals surface area contributed by atoms with Crippen LogP contribution in [0.25, 0.3) is 22.0 Å². The van der Waals surface area contributed by atoms with Gasteiger partial charge < -0.3 is 9.80 Å². The quantitative estimate of drug-likeness (QED) is 0.564. The summed E-state index contributed by atoms with van der Waals surface area (Å²) in [6, 6.07) is 17.0. The number of anilines is 1. The van der Waals surface area contributed by atoms with E-state index in [4.69, 9.17) is 4.98 Å². The predicted octanol–water partition coefficient (Wildman–Crippen LogP) is 2.70. The van der Waals surface area contributed by atoms with Gasteiger partial charge in [-0.25, -0.2) is 22.7 Å². The molecule has 7 nitrogen and oxygen atoms in total. The zero-order chi connectivity index (χ0) is 22.0. The number of fused-ring (bicyclic) bond motifs is 1. The first-order valence-electron chi connectivity index (χ1n) is 10.5. The fourth-order valence-electron chi connectivity index (χ4n) is 3.94. The standard InChI is InChI=1S/C23H29N5O2S/c1-26(14-15-27(2)31(3,29)30)21-11-13-28(17-21)23-24-12-10-22(25-23)20-9-8-18-6-4-5-7-19(18)16-20/h4-10,12,16,21H,11,13-15,17H2,1-3H3/t21-/m1/s1. The maximum absolute atomic E-state index is 11.6. The lowest BCUT2D eigenvalue weighted by atomic mass is 10.1. The van der Waals surface area contributed by atoms with Gasteiger partial charge in [0, 0.05) is 51.0 Å². The van der Waals surface area contributed by atoms with Gasteiger partial charge in [0.2, 0.25) is 16.0 Å². The first-order valence-corrected chi connectivity index (χ1v) is 12.3. The summed E-state index contributed by atoms with van der Waals surface area (Å²) < 4.78 is 24.6. The number of nitrogens with zero attached hydrogens (tertiary/aromatic N) is 5. The molecule has 1 saturated heterocycles. The van der Waals surface area contributed by atoms with E-state index >= 15 is 0 Å². The van der Waals surface area contributed by atoms with E-state index in [-0.39, 0.29) is 0 Å². The molecule has 0 spiro atoms. The molecule has 0 amide bonds. The molecule has 4 rings (SSSR count). The van der Waals surface area contributed by atoms with E-state index in [9.17, 15) is 8.42 Å². The summed E-state index contributed by atoms with van der Waals surface area (Å²) in [5, 5.41) is 2.41. The average Bonchev–Trinajstić information content (AvgIpc) is 3.27. The van der Waals surface area contributed by atoms with Gasteiger partial charge in [-0.15, -0.1) is 0 Å². The van der Waals surface area contributed by atoms with Crippen molar-refractivity contribution in [3.63, 3.8) is 0 Å². The number of benzene rings is 2. The second-order valence-electron chi connectivity index (χ2n) is 8.26. The van der Waals surface area contributed by atoms with Crippen LogP contribution in [0.2, 0.25) is 0 Å². The van der Waals surface area contributed by atoms with Crippen molar-refractivity contribution in [2.45, 2.75) is 12.5 Å². The average molecular weight is 440 g/mol. The van der Waals surface area contributed by atoms with Crippen LogP contribution in [-0.2, 0) is 10.0 Å². The van der Waals surface area contributed by atoms with E-state index in [1.54, 1.807) is 7.05 Å². The highest BCUT2D eigenvalue weighted by atomic mass is 32.2. The van der Waals surface area contributed by atoms with Gasteiger partial charge in [-0.1, -0.05) is 36.4 Å². The van der Waals surface area contributed by atoms with Crippen molar-refractivity contribution in [2.75, 3.05) is 51.4 Å². The highest BCUT2D eigenvalue weighted by Crippen LogP contribution is 2.25. The zero-order valence-corrected chi connectivity index (χ0v) is 19.1. The molecule has 0 aliphatic carbocycles. The molecule has 164 valence electrons. The molecular weight excluding hydrogens is 410 g/mol. The Balaban J connectivity index is 1.43. The largest absolute Gasteiger partial charge is 0.339 e. The maximum Gasteiger partial charge on any atom is 0.225 e. The monoisotopic (exact) mass is 439 g/mol. The second-order valence-corrected chi connectivity index (χ2v) is 10.3. The van der Waals surface area contributed by atoms with Crippen molar-refractivity contribution in [1.29, 1.82) is 0 Å². The zero-order valence-electron chi connectivity index (χ0n) is 18.3. The summed E-state index contributed by atoms with van der Waals surface area (Å²) in [6.45, 7) is 2.90. The van der Waals surface area contributed by atoms with Crippen molar-refractivity contribution in [2.24, 2.45) is 0 Å². The van der Waals surface area contributed by atoms with E-state index < -0.39 is 10.0 Å². The molecule has 0 bridgehead atoms. The molecule has 0 radical (unpaired) electrons. The van der Waals surface area contributed by atoms with Gasteiger partial charge in [-0.3, -0.25) is 0 Å². The molecular formula is C23H29N5O2S. The van der Waals surface area contributed by atoms with Crippen LogP contribution in [-0.4, -0.2) is 80.2 Å². The molecule has 1 aliphatic heterocycles. The van der Waals surface area contributed by atoms with Gasteiger partial charge in [0.25, 0.3) is 0 Å². The Morgan fingerprint density at radius 3 is 2.61 bits per heavy atom. The number of sulfonamides is 1. The third kappa shape index (κ3) is 5.03. The number of hydrogen-bond donors (Lipinski definition) is 0. The Morgan fingerprint density at radius 2 is 1.84 bits per heavy atom. The number of rotatable bonds is 7. The Bertz CT molecular complexity index is 1170. The number of aromatic nitrogens is 2. The van der Waals surface area contributed by atoms with Crippen molar-refractivity contribution in [3.8, 4) is 11.3 Å². The molecule has 8 heteroatoms. The Morgan fingerprint density at radius 1 is 1.06 bits per heavy atom. The molecule has 0 unspecified atom stereocenters. The Hall–Kier alpha value is -2.55. The van der Waals surface area contributed by atoms with E-state index in [1.165, 1.54) is 21.3 Å². The van der Waals surface area contributed by atoms with Crippen molar-refractivity contribution >= 4 is 26.7 Å². The minimum absolute atomic E-state index is 0.348. The first-order chi connectivity index (χ1) is 14.8. The van der Waals surface area contributed by atoms with Crippen LogP contribution in [0.4, 0.5) is 5.95 Å². The Kier molecular flexibility index (Phi) is 6.22. The lowest BCUT2D eigenvalue weighted by molar-refractivity contribution is 0.244. The Labute approximate surface area is 184 Å². The minimum atomic E-state index is -3.14. The summed E-state index contributed by atoms with van der Waals surface area (Å²) in [7, 11) is 0.529. The summed E-state index contributed by atoms with van der Waals surface area (Å²) in [5.74, 6) is 0.745. The van der Waals surface area contributed by atoms with Crippen LogP contribution in [0.3, 0.4) is 0 Å². The number of likely N-dealkylation sites (N-methyl/N-ethyl adjacent to an activating group) is 2. The summed E-state index contributed by atoms with van der Waals surface area (Å²) in [6.07, 6.45) is 4.07. The molecule has 2 aromatic carbocycles. The van der Waals surface area contributed by atoms with Gasteiger partial charge in [-0.2, -0.15) is 0 Å². The first kappa shape index (κ1) is 21.7. The summed E-state index contributed by atoms with van der Waals surface area (Å²) in [4.78, 5) is 13.8. The lowest BCUT2D eigenvalue weighted by Gasteiger charge is -2.26. The molecule has 3 aromatic rings. The minimum Gasteiger partial charge on any atom is -0.339 e. The van der Waals surface area contributed by atoms with E-state index in [0.29, 0.717) is 19.1 Å². The fraction of sp³-hybridized carbons (Fsp3) is 0.391. The van der Waals surface area contributed by atoms with Gasteiger partial charge >= 0.3 is 0 Å². The van der Waals surface area contributed by atoms with Gasteiger partial charge in [-0.05, 0) is 36.4 Å². The SMILES string of the molecule is CN(CCN(C)S(C)(=O)=O)[C@@H]1CCN(c2nccc(-c3ccc4ccccc4c3)n2)C1. The van der Waals surface area contributed by atoms with E-state index in [2.05, 4.69) is 52.2 Å². The lowest BCUT2D eigenvalue weighted by Crippen LogP contribution is -2.40. The third-order valence-corrected chi connectivity index (χ3v) is 7.41. The summed E-state index contributed by atoms with van der Waals surface area (Å²) in [5.41, 5.74) is 2.00. The topological polar surface area (TPSA) is 69.6 Å². The van der Waals surface area contributed by atoms with Crippen molar-refractivity contribution in [1.82, 2.24) is 19.2 Å². The summed E-state index contributed by atoms with van der Waals surface area (Å²) >= 11 is 0. The molecule has 0 saturated carbocycles. The van der Waals surface area contributed by atoms with Gasteiger partial charge in [0.05, 0.1) is 11.9 Å². The number of hydrogen-bond acceptors (Lipinski definition) is 6. The highest BCUT2D eigenvalue weighted by molar-refractivity contribution is 7.88. The highest BCUT2D eigenvalue weighted by Gasteiger charge is 2.28. The van der Waals surface area contributed by atoms with Crippen molar-refractivity contribution < 1.29 is 8.42 Å². The van der Waals surface area contributed by atoms with E-state index in [1.807, 2.05) is 24.4 Å². The van der Waals surface area contributed by atoms with Crippen LogP contribution >= 0.6 is 0 Å². The van der Waals surface area contributed by atoms with Crippen molar-refractivity contribution in [3.05, 3.63) is 54.7 Å². The molecule has 31 heavy (non-hydrogen) atoms. The van der Waals surface area contributed by atoms with Crippen LogP contribution < -0.4 is 4.90 Å². The molecule has 0 N–H and O–H groups in total. The normalized spacial score (nSPS) is 17.2. The maximum atomic E-state index is 11.6. The smallest absolute Gasteiger partial charge is 0.225 e. The predicted molar refractivity (Wildman–Crippen MR) is 126 cm³/mol. The fourth-order valence-corrected chi connectivity index (χ4v) is 4.35. The molecule has 1 aliphatic rings. The van der Waals surface area contributed by atoms with Crippen LogP contribution in [0.1, 0.15) is 6.42 Å². The molecule has 1 fully saturated rings. The molecule has 1 aromatic heterocycles. The second kappa shape index (κ2) is 8.90. The van der Waals surface area contributed by atoms with Gasteiger partial charge in [0.15, 0.2) is 0 Å². The van der Waals surface area contributed by atoms with E-state index in [0.717, 1.165) is 36.7 Å². The van der Waals surface area contributed by atoms with Gasteiger partial charge in [0.1, 0.15) is 0 Å². The van der Waals surface area contributed by atoms with Crippen LogP contribution in [0.5, 0.6) is 0 Å². The molecule has 2 heterocycles. The molecule has 1 atom stereocenters. The third-order valence-electron chi connectivity index (χ3n) is 6.09.